The van der Waals surface area contributed by atoms with E-state index in [0.717, 1.165) is 31.1 Å². The van der Waals surface area contributed by atoms with E-state index in [1.54, 1.807) is 5.57 Å². The Balaban J connectivity index is 1.50. The zero-order chi connectivity index (χ0) is 18.3. The van der Waals surface area contributed by atoms with Crippen LogP contribution in [0, 0.1) is 34.5 Å². The molecule has 0 aromatic rings. The van der Waals surface area contributed by atoms with E-state index in [-0.39, 0.29) is 17.4 Å². The number of aliphatic hydroxyl groups excluding tert-OH is 1. The summed E-state index contributed by atoms with van der Waals surface area (Å²) >= 11 is 0. The van der Waals surface area contributed by atoms with E-state index >= 15 is 0 Å². The Hall–Kier alpha value is -0.670. The molecule has 3 saturated carbocycles. The zero-order valence-electron chi connectivity index (χ0n) is 16.7. The highest BCUT2D eigenvalue weighted by Gasteiger charge is 2.63. The van der Waals surface area contributed by atoms with E-state index < -0.39 is 0 Å². The minimum absolute atomic E-state index is 0.125. The summed E-state index contributed by atoms with van der Waals surface area (Å²) in [5.41, 5.74) is 2.05. The largest absolute Gasteiger partial charge is 0.393 e. The Morgan fingerprint density at radius 1 is 1.19 bits per heavy atom. The molecule has 4 fully saturated rings. The Morgan fingerprint density at radius 3 is 2.65 bits per heavy atom. The Labute approximate surface area is 158 Å². The van der Waals surface area contributed by atoms with Gasteiger partial charge in [0.05, 0.1) is 6.10 Å². The summed E-state index contributed by atoms with van der Waals surface area (Å²) in [6.07, 6.45) is 10.3. The number of fused-ring (bicyclic) bond motifs is 5. The van der Waals surface area contributed by atoms with Crippen molar-refractivity contribution in [2.75, 3.05) is 13.1 Å². The molecule has 0 radical (unpaired) electrons. The van der Waals surface area contributed by atoms with Crippen molar-refractivity contribution in [1.82, 2.24) is 4.90 Å². The van der Waals surface area contributed by atoms with Crippen molar-refractivity contribution in [3.63, 3.8) is 0 Å². The monoisotopic (exact) mass is 357 g/mol. The first kappa shape index (κ1) is 17.4. The fraction of sp³-hybridized carbons (Fsp3) is 0.870. The average molecular weight is 358 g/mol. The minimum Gasteiger partial charge on any atom is -0.393 e. The Morgan fingerprint density at radius 2 is 1.96 bits per heavy atom. The van der Waals surface area contributed by atoms with Gasteiger partial charge < -0.3 is 5.11 Å². The second kappa shape index (κ2) is 5.67. The number of nitrogens with zero attached hydrogens (tertiary/aromatic N) is 1. The maximum atomic E-state index is 12.7. The molecule has 1 heterocycles. The Kier molecular flexibility index (Phi) is 3.80. The maximum absolute atomic E-state index is 12.7. The summed E-state index contributed by atoms with van der Waals surface area (Å²) in [4.78, 5) is 15.2. The molecule has 4 aliphatic carbocycles. The number of ketones is 1. The van der Waals surface area contributed by atoms with Crippen LogP contribution in [0.4, 0.5) is 0 Å². The van der Waals surface area contributed by atoms with Gasteiger partial charge in [0, 0.05) is 25.0 Å². The minimum atomic E-state index is -0.125. The predicted octanol–water partition coefficient (Wildman–Crippen LogP) is 3.81. The lowest BCUT2D eigenvalue weighted by Gasteiger charge is -2.57. The number of allylic oxidation sites excluding steroid dienone is 1. The first-order valence-corrected chi connectivity index (χ1v) is 11.0. The molecule has 0 aromatic carbocycles. The number of carbonyl (C=O) groups is 1. The molecule has 1 saturated heterocycles. The predicted molar refractivity (Wildman–Crippen MR) is 103 cm³/mol. The molecular formula is C23H35NO2. The van der Waals surface area contributed by atoms with Crippen LogP contribution in [-0.2, 0) is 4.79 Å². The van der Waals surface area contributed by atoms with Gasteiger partial charge in [-0.2, -0.15) is 0 Å². The molecule has 3 nitrogen and oxygen atoms in total. The summed E-state index contributed by atoms with van der Waals surface area (Å²) in [6, 6.07) is 0.507. The van der Waals surface area contributed by atoms with Gasteiger partial charge in [-0.05, 0) is 80.5 Å². The molecule has 8 unspecified atom stereocenters. The van der Waals surface area contributed by atoms with Crippen LogP contribution in [0.2, 0.25) is 0 Å². The fourth-order valence-corrected chi connectivity index (χ4v) is 8.14. The second-order valence-corrected chi connectivity index (χ2v) is 10.6. The van der Waals surface area contributed by atoms with Crippen LogP contribution in [0.15, 0.2) is 11.6 Å². The van der Waals surface area contributed by atoms with Gasteiger partial charge in [0.1, 0.15) is 5.78 Å². The summed E-state index contributed by atoms with van der Waals surface area (Å²) in [5.74, 6) is 2.88. The van der Waals surface area contributed by atoms with Crippen LogP contribution in [0.25, 0.3) is 0 Å². The SMILES string of the molecule is CC(=O)C1C(N2CC2)CC2C3CC=C4CC(O)CCC4(C)C3CCC21C. The van der Waals surface area contributed by atoms with Gasteiger partial charge in [-0.15, -0.1) is 0 Å². The lowest BCUT2D eigenvalue weighted by atomic mass is 9.47. The third-order valence-electron chi connectivity index (χ3n) is 9.49. The summed E-state index contributed by atoms with van der Waals surface area (Å²) in [6.45, 7) is 9.19. The average Bonchev–Trinajstić information content (AvgIpc) is 3.37. The summed E-state index contributed by atoms with van der Waals surface area (Å²) < 4.78 is 0. The molecule has 0 spiro atoms. The number of carbonyl (C=O) groups excluding carboxylic acids is 1. The first-order chi connectivity index (χ1) is 12.3. The first-order valence-electron chi connectivity index (χ1n) is 11.0. The molecule has 8 atom stereocenters. The van der Waals surface area contributed by atoms with Crippen molar-refractivity contribution in [3.8, 4) is 0 Å². The molecule has 0 aromatic heterocycles. The second-order valence-electron chi connectivity index (χ2n) is 10.6. The van der Waals surface area contributed by atoms with Gasteiger partial charge in [-0.3, -0.25) is 9.69 Å². The summed E-state index contributed by atoms with van der Waals surface area (Å²) in [7, 11) is 0. The third-order valence-corrected chi connectivity index (χ3v) is 9.49. The molecule has 5 rings (SSSR count). The normalized spacial score (nSPS) is 53.3. The number of Topliss-reactive ketones (excluding diaryl/α,β-unsaturated/α-hetero) is 1. The van der Waals surface area contributed by atoms with E-state index in [0.29, 0.717) is 23.2 Å². The highest BCUT2D eigenvalue weighted by Crippen LogP contribution is 2.67. The molecule has 26 heavy (non-hydrogen) atoms. The van der Waals surface area contributed by atoms with E-state index in [2.05, 4.69) is 24.8 Å². The number of rotatable bonds is 2. The quantitative estimate of drug-likeness (QED) is 0.603. The lowest BCUT2D eigenvalue weighted by Crippen LogP contribution is -2.51. The van der Waals surface area contributed by atoms with E-state index in [1.165, 1.54) is 38.8 Å². The number of aliphatic hydroxyl groups is 1. The topological polar surface area (TPSA) is 40.3 Å². The summed E-state index contributed by atoms with van der Waals surface area (Å²) in [5, 5.41) is 10.2. The van der Waals surface area contributed by atoms with Crippen LogP contribution in [0.1, 0.15) is 65.7 Å². The Bertz CT molecular complexity index is 653. The van der Waals surface area contributed by atoms with E-state index in [1.807, 2.05) is 6.92 Å². The van der Waals surface area contributed by atoms with Gasteiger partial charge in [0.15, 0.2) is 0 Å². The third kappa shape index (κ3) is 2.29. The van der Waals surface area contributed by atoms with Crippen molar-refractivity contribution in [2.24, 2.45) is 34.5 Å². The van der Waals surface area contributed by atoms with Crippen molar-refractivity contribution in [1.29, 1.82) is 0 Å². The molecule has 3 heteroatoms. The van der Waals surface area contributed by atoms with E-state index in [4.69, 9.17) is 0 Å². The van der Waals surface area contributed by atoms with Crippen LogP contribution in [0.3, 0.4) is 0 Å². The van der Waals surface area contributed by atoms with Crippen LogP contribution in [-0.4, -0.2) is 41.0 Å². The van der Waals surface area contributed by atoms with Gasteiger partial charge in [0.25, 0.3) is 0 Å². The molecule has 1 aliphatic heterocycles. The highest BCUT2D eigenvalue weighted by molar-refractivity contribution is 5.80. The van der Waals surface area contributed by atoms with Gasteiger partial charge in [0.2, 0.25) is 0 Å². The maximum Gasteiger partial charge on any atom is 0.135 e. The van der Waals surface area contributed by atoms with Crippen molar-refractivity contribution in [3.05, 3.63) is 11.6 Å². The van der Waals surface area contributed by atoms with E-state index in [9.17, 15) is 9.90 Å². The van der Waals surface area contributed by atoms with Crippen LogP contribution >= 0.6 is 0 Å². The van der Waals surface area contributed by atoms with Gasteiger partial charge in [-0.25, -0.2) is 0 Å². The number of hydrogen-bond donors (Lipinski definition) is 1. The standard InChI is InChI=1S/C23H35NO2/c1-14(25)21-20(24-10-11-24)13-19-17-5-4-15-12-16(26)6-8-22(15,2)18(17)7-9-23(19,21)3/h4,16-21,26H,5-13H2,1-3H3. The van der Waals surface area contributed by atoms with Crippen molar-refractivity contribution < 1.29 is 9.90 Å². The van der Waals surface area contributed by atoms with Crippen LogP contribution < -0.4 is 0 Å². The molecule has 144 valence electrons. The van der Waals surface area contributed by atoms with Gasteiger partial charge >= 0.3 is 0 Å². The zero-order valence-corrected chi connectivity index (χ0v) is 16.7. The van der Waals surface area contributed by atoms with Gasteiger partial charge in [-0.1, -0.05) is 25.5 Å². The lowest BCUT2D eigenvalue weighted by molar-refractivity contribution is -0.128. The van der Waals surface area contributed by atoms with Crippen LogP contribution in [0.5, 0.6) is 0 Å². The van der Waals surface area contributed by atoms with Crippen molar-refractivity contribution >= 4 is 5.78 Å². The smallest absolute Gasteiger partial charge is 0.135 e. The molecule has 0 bridgehead atoms. The fourth-order valence-electron chi connectivity index (χ4n) is 8.14. The van der Waals surface area contributed by atoms with Crippen molar-refractivity contribution in [2.45, 2.75) is 77.9 Å². The molecule has 5 aliphatic rings. The number of hydrogen-bond acceptors (Lipinski definition) is 3. The molecule has 0 amide bonds. The molecular weight excluding hydrogens is 322 g/mol. The molecule has 1 N–H and O–H groups in total. The highest BCUT2D eigenvalue weighted by atomic mass is 16.3.